The van der Waals surface area contributed by atoms with E-state index in [0.29, 0.717) is 18.3 Å². The van der Waals surface area contributed by atoms with E-state index in [-0.39, 0.29) is 0 Å². The van der Waals surface area contributed by atoms with Crippen molar-refractivity contribution < 1.29 is 14.2 Å². The summed E-state index contributed by atoms with van der Waals surface area (Å²) in [4.78, 5) is 12.5. The molecule has 2 aliphatic rings. The molecule has 33 heavy (non-hydrogen) atoms. The lowest BCUT2D eigenvalue weighted by Crippen LogP contribution is -2.38. The molecule has 0 amide bonds. The van der Waals surface area contributed by atoms with Crippen molar-refractivity contribution in [3.8, 4) is 5.88 Å². The van der Waals surface area contributed by atoms with E-state index >= 15 is 0 Å². The van der Waals surface area contributed by atoms with Gasteiger partial charge in [0.2, 0.25) is 5.88 Å². The maximum Gasteiger partial charge on any atom is 0.217 e. The van der Waals surface area contributed by atoms with Gasteiger partial charge in [-0.25, -0.2) is 0 Å². The smallest absolute Gasteiger partial charge is 0.217 e. The zero-order valence-corrected chi connectivity index (χ0v) is 18.7. The van der Waals surface area contributed by atoms with E-state index in [1.807, 2.05) is 36.5 Å². The van der Waals surface area contributed by atoms with Crippen LogP contribution in [0.2, 0.25) is 0 Å². The fraction of sp³-hybridized carbons (Fsp3) is 0.417. The third kappa shape index (κ3) is 5.62. The van der Waals surface area contributed by atoms with Gasteiger partial charge in [0, 0.05) is 73.2 Å². The number of H-pyrrole nitrogens is 1. The standard InChI is InChI=1S/C24H30N6O3/c1-2-4-22-21(3-1)19(17-25-22)18-26-28-23-15-20(30-8-12-32-13-9-30)16-24(27-23)33-14-7-29-5-10-31-11-6-29/h1-4,15-18,25H,5-14H2,(H,27,28). The van der Waals surface area contributed by atoms with Gasteiger partial charge in [0.15, 0.2) is 5.82 Å². The molecule has 5 rings (SSSR count). The normalized spacial score (nSPS) is 17.6. The SMILES string of the molecule is C(=NNc1cc(N2CCOCC2)cc(OCCN2CCOCC2)n1)c1c[nH]c2ccccc12. The third-order valence-corrected chi connectivity index (χ3v) is 5.93. The van der Waals surface area contributed by atoms with Gasteiger partial charge in [-0.15, -0.1) is 0 Å². The lowest BCUT2D eigenvalue weighted by Gasteiger charge is -2.29. The largest absolute Gasteiger partial charge is 0.476 e. The molecule has 9 heteroatoms. The van der Waals surface area contributed by atoms with Crippen molar-refractivity contribution in [1.82, 2.24) is 14.9 Å². The topological polar surface area (TPSA) is 87.2 Å². The van der Waals surface area contributed by atoms with Gasteiger partial charge < -0.3 is 24.1 Å². The molecule has 1 aromatic carbocycles. The van der Waals surface area contributed by atoms with Gasteiger partial charge in [-0.2, -0.15) is 10.1 Å². The number of nitrogens with zero attached hydrogens (tertiary/aromatic N) is 4. The molecule has 174 valence electrons. The zero-order valence-electron chi connectivity index (χ0n) is 18.7. The van der Waals surface area contributed by atoms with Gasteiger partial charge in [-0.1, -0.05) is 18.2 Å². The van der Waals surface area contributed by atoms with Gasteiger partial charge in [0.1, 0.15) is 6.61 Å². The molecule has 2 saturated heterocycles. The number of morpholine rings is 2. The minimum absolute atomic E-state index is 0.581. The Morgan fingerprint density at radius 2 is 1.85 bits per heavy atom. The molecule has 2 aromatic heterocycles. The van der Waals surface area contributed by atoms with Gasteiger partial charge in [-0.3, -0.25) is 10.3 Å². The number of nitrogens with one attached hydrogen (secondary N) is 2. The second-order valence-corrected chi connectivity index (χ2v) is 8.11. The molecule has 4 heterocycles. The summed E-state index contributed by atoms with van der Waals surface area (Å²) in [5.41, 5.74) is 6.25. The van der Waals surface area contributed by atoms with E-state index < -0.39 is 0 Å². The van der Waals surface area contributed by atoms with E-state index in [1.165, 1.54) is 0 Å². The van der Waals surface area contributed by atoms with E-state index in [0.717, 1.165) is 81.3 Å². The highest BCUT2D eigenvalue weighted by molar-refractivity contribution is 5.99. The predicted octanol–water partition coefficient (Wildman–Crippen LogP) is 2.56. The molecular formula is C24H30N6O3. The first-order chi connectivity index (χ1) is 16.3. The predicted molar refractivity (Wildman–Crippen MR) is 130 cm³/mol. The van der Waals surface area contributed by atoms with Gasteiger partial charge in [0.25, 0.3) is 0 Å². The van der Waals surface area contributed by atoms with Crippen molar-refractivity contribution in [2.24, 2.45) is 5.10 Å². The number of para-hydroxylation sites is 1. The number of hydrogen-bond donors (Lipinski definition) is 2. The Kier molecular flexibility index (Phi) is 7.00. The molecule has 0 aliphatic carbocycles. The van der Waals surface area contributed by atoms with Crippen LogP contribution >= 0.6 is 0 Å². The number of pyridine rings is 1. The molecule has 3 aromatic rings. The maximum atomic E-state index is 6.04. The van der Waals surface area contributed by atoms with Crippen LogP contribution in [0.3, 0.4) is 0 Å². The Bertz CT molecular complexity index is 1070. The van der Waals surface area contributed by atoms with E-state index in [4.69, 9.17) is 14.2 Å². The van der Waals surface area contributed by atoms with E-state index in [2.05, 4.69) is 36.4 Å². The van der Waals surface area contributed by atoms with Crippen LogP contribution in [0.25, 0.3) is 10.9 Å². The van der Waals surface area contributed by atoms with Gasteiger partial charge in [0.05, 0.1) is 32.6 Å². The van der Waals surface area contributed by atoms with Crippen molar-refractivity contribution in [3.63, 3.8) is 0 Å². The molecule has 0 spiro atoms. The lowest BCUT2D eigenvalue weighted by molar-refractivity contribution is 0.0320. The molecule has 0 atom stereocenters. The highest BCUT2D eigenvalue weighted by atomic mass is 16.5. The number of ether oxygens (including phenoxy) is 3. The number of fused-ring (bicyclic) bond motifs is 1. The van der Waals surface area contributed by atoms with Crippen molar-refractivity contribution in [3.05, 3.63) is 48.2 Å². The molecule has 2 N–H and O–H groups in total. The van der Waals surface area contributed by atoms with Crippen LogP contribution in [0.5, 0.6) is 5.88 Å². The number of benzene rings is 1. The van der Waals surface area contributed by atoms with Crippen LogP contribution in [-0.2, 0) is 9.47 Å². The Morgan fingerprint density at radius 3 is 2.70 bits per heavy atom. The highest BCUT2D eigenvalue weighted by Gasteiger charge is 2.15. The average Bonchev–Trinajstić information content (AvgIpc) is 3.28. The van der Waals surface area contributed by atoms with Crippen LogP contribution < -0.4 is 15.1 Å². The monoisotopic (exact) mass is 450 g/mol. The Hall–Kier alpha value is -3.14. The first-order valence-corrected chi connectivity index (χ1v) is 11.5. The molecular weight excluding hydrogens is 420 g/mol. The van der Waals surface area contributed by atoms with Crippen molar-refractivity contribution in [2.75, 3.05) is 76.1 Å². The molecule has 0 unspecified atom stereocenters. The quantitative estimate of drug-likeness (QED) is 0.403. The first-order valence-electron chi connectivity index (χ1n) is 11.5. The molecule has 0 bridgehead atoms. The number of hydrazone groups is 1. The maximum absolute atomic E-state index is 6.04. The second kappa shape index (κ2) is 10.7. The van der Waals surface area contributed by atoms with E-state index in [9.17, 15) is 0 Å². The van der Waals surface area contributed by atoms with Crippen LogP contribution in [-0.4, -0.2) is 86.8 Å². The van der Waals surface area contributed by atoms with Gasteiger partial charge in [-0.05, 0) is 6.07 Å². The summed E-state index contributed by atoms with van der Waals surface area (Å²) in [6.45, 7) is 8.02. The number of rotatable bonds is 8. The second-order valence-electron chi connectivity index (χ2n) is 8.11. The molecule has 2 aliphatic heterocycles. The fourth-order valence-electron chi connectivity index (χ4n) is 4.10. The number of hydrogen-bond acceptors (Lipinski definition) is 8. The minimum Gasteiger partial charge on any atom is -0.476 e. The fourth-order valence-corrected chi connectivity index (χ4v) is 4.10. The van der Waals surface area contributed by atoms with Crippen molar-refractivity contribution >= 4 is 28.6 Å². The highest BCUT2D eigenvalue weighted by Crippen LogP contribution is 2.25. The Balaban J connectivity index is 1.28. The third-order valence-electron chi connectivity index (χ3n) is 5.93. The first kappa shape index (κ1) is 21.7. The minimum atomic E-state index is 0.581. The Morgan fingerprint density at radius 1 is 1.06 bits per heavy atom. The van der Waals surface area contributed by atoms with Gasteiger partial charge >= 0.3 is 0 Å². The van der Waals surface area contributed by atoms with Crippen molar-refractivity contribution in [2.45, 2.75) is 0 Å². The summed E-state index contributed by atoms with van der Waals surface area (Å²) in [7, 11) is 0. The van der Waals surface area contributed by atoms with Crippen LogP contribution in [0.4, 0.5) is 11.5 Å². The number of aromatic nitrogens is 2. The lowest BCUT2D eigenvalue weighted by atomic mass is 10.2. The zero-order chi connectivity index (χ0) is 22.3. The molecule has 2 fully saturated rings. The number of aromatic amines is 1. The van der Waals surface area contributed by atoms with Crippen molar-refractivity contribution in [1.29, 1.82) is 0 Å². The summed E-state index contributed by atoms with van der Waals surface area (Å²) in [6.07, 6.45) is 3.76. The molecule has 0 saturated carbocycles. The van der Waals surface area contributed by atoms with Crippen LogP contribution in [0.15, 0.2) is 47.7 Å². The number of anilines is 2. The van der Waals surface area contributed by atoms with E-state index in [1.54, 1.807) is 6.21 Å². The molecule has 9 nitrogen and oxygen atoms in total. The summed E-state index contributed by atoms with van der Waals surface area (Å²) in [6, 6.07) is 12.2. The van der Waals surface area contributed by atoms with Crippen LogP contribution in [0.1, 0.15) is 5.56 Å². The molecule has 0 radical (unpaired) electrons. The summed E-state index contributed by atoms with van der Waals surface area (Å²) in [5.74, 6) is 1.24. The summed E-state index contributed by atoms with van der Waals surface area (Å²) < 4.78 is 17.0. The summed E-state index contributed by atoms with van der Waals surface area (Å²) >= 11 is 0. The van der Waals surface area contributed by atoms with Crippen LogP contribution in [0, 0.1) is 0 Å². The summed E-state index contributed by atoms with van der Waals surface area (Å²) in [5, 5.41) is 5.57. The Labute approximate surface area is 193 Å². The average molecular weight is 451 g/mol.